The summed E-state index contributed by atoms with van der Waals surface area (Å²) in [7, 11) is 0. The molecule has 0 N–H and O–H groups in total. The highest BCUT2D eigenvalue weighted by molar-refractivity contribution is 5.66. The zero-order valence-corrected chi connectivity index (χ0v) is 20.2. The number of hydrogen-bond acceptors (Lipinski definition) is 1. The van der Waals surface area contributed by atoms with Crippen molar-refractivity contribution in [2.75, 3.05) is 0 Å². The summed E-state index contributed by atoms with van der Waals surface area (Å²) >= 11 is 0. The maximum atomic E-state index is 14.8. The Balaban J connectivity index is 1.61. The van der Waals surface area contributed by atoms with Gasteiger partial charge in [-0.3, -0.25) is 0 Å². The number of halogens is 9. The van der Waals surface area contributed by atoms with Crippen LogP contribution in [0.15, 0.2) is 60.7 Å². The second kappa shape index (κ2) is 11.0. The van der Waals surface area contributed by atoms with E-state index in [4.69, 9.17) is 0 Å². The Morgan fingerprint density at radius 1 is 0.615 bits per heavy atom. The molecule has 0 bridgehead atoms. The molecule has 0 saturated carbocycles. The summed E-state index contributed by atoms with van der Waals surface area (Å²) in [6, 6.07) is 8.12. The topological polar surface area (TPSA) is 9.23 Å². The molecule has 0 aliphatic heterocycles. The van der Waals surface area contributed by atoms with Gasteiger partial charge < -0.3 is 4.74 Å². The lowest BCUT2D eigenvalue weighted by molar-refractivity contribution is -0.189. The lowest BCUT2D eigenvalue weighted by atomic mass is 9.99. The van der Waals surface area contributed by atoms with Crippen LogP contribution in [0.25, 0.3) is 22.3 Å². The van der Waals surface area contributed by atoms with Gasteiger partial charge in [0.2, 0.25) is 0 Å². The van der Waals surface area contributed by atoms with Crippen LogP contribution in [0, 0.1) is 40.7 Å². The van der Waals surface area contributed by atoms with Crippen LogP contribution in [0.5, 0.6) is 5.75 Å². The van der Waals surface area contributed by atoms with Crippen LogP contribution in [0.1, 0.15) is 30.9 Å². The molecule has 0 aliphatic carbocycles. The normalized spacial score (nSPS) is 11.6. The molecule has 1 nitrogen and oxygen atoms in total. The van der Waals surface area contributed by atoms with Gasteiger partial charge in [-0.25, -0.2) is 30.7 Å². The summed E-state index contributed by atoms with van der Waals surface area (Å²) in [6.07, 6.45) is -2.36. The van der Waals surface area contributed by atoms with Gasteiger partial charge >= 0.3 is 6.11 Å². The predicted octanol–water partition coefficient (Wildman–Crippen LogP) is 9.47. The van der Waals surface area contributed by atoms with Crippen molar-refractivity contribution in [3.8, 4) is 28.0 Å². The third-order valence-corrected chi connectivity index (χ3v) is 5.98. The summed E-state index contributed by atoms with van der Waals surface area (Å²) in [5.41, 5.74) is -2.55. The van der Waals surface area contributed by atoms with Crippen LogP contribution < -0.4 is 4.74 Å². The number of rotatable bonds is 8. The van der Waals surface area contributed by atoms with Gasteiger partial charge in [-0.15, -0.1) is 0 Å². The zero-order valence-electron chi connectivity index (χ0n) is 20.2. The molecule has 0 amide bonds. The summed E-state index contributed by atoms with van der Waals surface area (Å²) in [4.78, 5) is 0. The predicted molar refractivity (Wildman–Crippen MR) is 127 cm³/mol. The Kier molecular flexibility index (Phi) is 7.94. The highest BCUT2D eigenvalue weighted by Crippen LogP contribution is 2.38. The van der Waals surface area contributed by atoms with Gasteiger partial charge in [0.1, 0.15) is 34.6 Å². The van der Waals surface area contributed by atoms with Crippen LogP contribution in [0.4, 0.5) is 39.5 Å². The standard InChI is InChI=1S/C29H19F9O/c1-2-3-4-15-5-7-19(21(30)9-15)16-10-23(32)27(24(33)11-16)29(37,38)39-18-6-8-20(22(31)14-18)17-12-25(34)28(36)26(35)13-17/h5-14H,2-4H2,1H3. The molecule has 0 spiro atoms. The minimum Gasteiger partial charge on any atom is -0.429 e. The average molecular weight is 554 g/mol. The van der Waals surface area contributed by atoms with Crippen molar-refractivity contribution in [2.24, 2.45) is 0 Å². The Morgan fingerprint density at radius 3 is 1.64 bits per heavy atom. The molecule has 0 aromatic heterocycles. The fourth-order valence-corrected chi connectivity index (χ4v) is 4.04. The van der Waals surface area contributed by atoms with Gasteiger partial charge in [0.05, 0.1) is 0 Å². The van der Waals surface area contributed by atoms with E-state index in [1.165, 1.54) is 12.1 Å². The second-order valence-electron chi connectivity index (χ2n) is 8.75. The fraction of sp³-hybridized carbons (Fsp3) is 0.172. The SMILES string of the molecule is CCCCc1ccc(-c2cc(F)c(C(F)(F)Oc3ccc(-c4cc(F)c(F)c(F)c4)c(F)c3)c(F)c2)c(F)c1. The van der Waals surface area contributed by atoms with Gasteiger partial charge in [0.25, 0.3) is 0 Å². The van der Waals surface area contributed by atoms with E-state index < -0.39 is 69.3 Å². The Hall–Kier alpha value is -3.95. The smallest absolute Gasteiger partial charge is 0.429 e. The number of alkyl halides is 2. The van der Waals surface area contributed by atoms with Gasteiger partial charge in [0, 0.05) is 17.2 Å². The number of ether oxygens (including phenoxy) is 1. The van der Waals surface area contributed by atoms with Gasteiger partial charge in [0.15, 0.2) is 17.5 Å². The third-order valence-electron chi connectivity index (χ3n) is 5.98. The minimum absolute atomic E-state index is 0.199. The molecule has 39 heavy (non-hydrogen) atoms. The Labute approximate surface area is 217 Å². The first-order valence-corrected chi connectivity index (χ1v) is 11.7. The molecule has 0 saturated heterocycles. The van der Waals surface area contributed by atoms with Crippen LogP contribution in [-0.4, -0.2) is 0 Å². The van der Waals surface area contributed by atoms with Crippen molar-refractivity contribution in [2.45, 2.75) is 32.3 Å². The zero-order chi connectivity index (χ0) is 28.5. The first-order chi connectivity index (χ1) is 18.4. The van der Waals surface area contributed by atoms with Gasteiger partial charge in [-0.05, 0) is 72.0 Å². The molecular formula is C29H19F9O. The summed E-state index contributed by atoms with van der Waals surface area (Å²) in [6.45, 7) is 1.96. The number of aryl methyl sites for hydroxylation is 1. The van der Waals surface area contributed by atoms with Crippen LogP contribution in [-0.2, 0) is 12.5 Å². The molecule has 0 unspecified atom stereocenters. The summed E-state index contributed by atoms with van der Waals surface area (Å²) < 4.78 is 133. The van der Waals surface area contributed by atoms with Crippen LogP contribution in [0.2, 0.25) is 0 Å². The average Bonchev–Trinajstić information content (AvgIpc) is 2.85. The van der Waals surface area contributed by atoms with E-state index in [1.807, 2.05) is 6.92 Å². The van der Waals surface area contributed by atoms with Crippen molar-refractivity contribution in [1.29, 1.82) is 0 Å². The second-order valence-corrected chi connectivity index (χ2v) is 8.75. The minimum atomic E-state index is -4.64. The number of hydrogen-bond donors (Lipinski definition) is 0. The van der Waals surface area contributed by atoms with E-state index in [-0.39, 0.29) is 11.1 Å². The molecule has 0 radical (unpaired) electrons. The molecule has 204 valence electrons. The summed E-state index contributed by atoms with van der Waals surface area (Å²) in [5, 5.41) is 0. The lowest BCUT2D eigenvalue weighted by Gasteiger charge is -2.20. The van der Waals surface area contributed by atoms with Crippen LogP contribution >= 0.6 is 0 Å². The summed E-state index contributed by atoms with van der Waals surface area (Å²) in [5.74, 6) is -11.4. The van der Waals surface area contributed by atoms with E-state index in [0.29, 0.717) is 42.3 Å². The van der Waals surface area contributed by atoms with E-state index in [9.17, 15) is 39.5 Å². The lowest BCUT2D eigenvalue weighted by Crippen LogP contribution is -2.25. The highest BCUT2D eigenvalue weighted by Gasteiger charge is 2.41. The molecule has 0 fully saturated rings. The third kappa shape index (κ3) is 5.89. The molecule has 0 heterocycles. The maximum Gasteiger partial charge on any atom is 0.432 e. The van der Waals surface area contributed by atoms with Crippen molar-refractivity contribution in [1.82, 2.24) is 0 Å². The van der Waals surface area contributed by atoms with Crippen molar-refractivity contribution in [3.63, 3.8) is 0 Å². The van der Waals surface area contributed by atoms with Gasteiger partial charge in [-0.1, -0.05) is 25.5 Å². The molecule has 0 aliphatic rings. The largest absolute Gasteiger partial charge is 0.432 e. The first kappa shape index (κ1) is 28.1. The molecule has 4 aromatic carbocycles. The molecule has 0 atom stereocenters. The molecule has 4 rings (SSSR count). The maximum absolute atomic E-state index is 14.8. The van der Waals surface area contributed by atoms with Crippen LogP contribution in [0.3, 0.4) is 0 Å². The van der Waals surface area contributed by atoms with E-state index >= 15 is 0 Å². The highest BCUT2D eigenvalue weighted by atomic mass is 19.3. The van der Waals surface area contributed by atoms with Crippen molar-refractivity contribution < 1.29 is 44.3 Å². The van der Waals surface area contributed by atoms with E-state index in [1.54, 1.807) is 6.07 Å². The Morgan fingerprint density at radius 2 is 1.13 bits per heavy atom. The molecule has 10 heteroatoms. The van der Waals surface area contributed by atoms with Crippen molar-refractivity contribution >= 4 is 0 Å². The number of unbranched alkanes of at least 4 members (excludes halogenated alkanes) is 1. The van der Waals surface area contributed by atoms with E-state index in [0.717, 1.165) is 25.0 Å². The van der Waals surface area contributed by atoms with Gasteiger partial charge in [-0.2, -0.15) is 8.78 Å². The van der Waals surface area contributed by atoms with E-state index in [2.05, 4.69) is 4.74 Å². The molecule has 4 aromatic rings. The monoisotopic (exact) mass is 554 g/mol. The van der Waals surface area contributed by atoms with Crippen molar-refractivity contribution in [3.05, 3.63) is 113 Å². The Bertz CT molecular complexity index is 1490. The quantitative estimate of drug-likeness (QED) is 0.156. The molecular weight excluding hydrogens is 535 g/mol. The fourth-order valence-electron chi connectivity index (χ4n) is 4.04. The first-order valence-electron chi connectivity index (χ1n) is 11.7. The number of benzene rings is 4.